The molecule has 9 nitrogen and oxygen atoms in total. The lowest BCUT2D eigenvalue weighted by molar-refractivity contribution is -0.173. The molecular formula is C20H19N5O4. The summed E-state index contributed by atoms with van der Waals surface area (Å²) >= 11 is 0. The van der Waals surface area contributed by atoms with E-state index in [1.807, 2.05) is 41.9 Å². The van der Waals surface area contributed by atoms with Crippen molar-refractivity contribution in [3.8, 4) is 0 Å². The number of ether oxygens (including phenoxy) is 1. The fourth-order valence-corrected chi connectivity index (χ4v) is 3.26. The molecule has 1 amide bonds. The van der Waals surface area contributed by atoms with Crippen LogP contribution in [0.25, 0.3) is 22.1 Å². The van der Waals surface area contributed by atoms with Gasteiger partial charge in [-0.2, -0.15) is 4.98 Å². The van der Waals surface area contributed by atoms with Crippen LogP contribution in [0.3, 0.4) is 0 Å². The Morgan fingerprint density at radius 3 is 2.79 bits per heavy atom. The summed E-state index contributed by atoms with van der Waals surface area (Å²) in [7, 11) is 1.87. The molecular weight excluding hydrogens is 374 g/mol. The molecule has 0 bridgehead atoms. The minimum atomic E-state index is -0.971. The third-order valence-corrected chi connectivity index (χ3v) is 4.98. The third kappa shape index (κ3) is 3.20. The van der Waals surface area contributed by atoms with Crippen molar-refractivity contribution in [3.05, 3.63) is 48.0 Å². The molecule has 0 aliphatic carbocycles. The second kappa shape index (κ2) is 6.57. The number of amides is 1. The lowest BCUT2D eigenvalue weighted by Gasteiger charge is -2.36. The molecule has 0 saturated carbocycles. The van der Waals surface area contributed by atoms with Crippen molar-refractivity contribution >= 4 is 40.0 Å². The van der Waals surface area contributed by atoms with Crippen LogP contribution >= 0.6 is 0 Å². The number of nitrogens with one attached hydrogen (secondary N) is 2. The normalized spacial score (nSPS) is 15.4. The van der Waals surface area contributed by atoms with Gasteiger partial charge < -0.3 is 24.1 Å². The van der Waals surface area contributed by atoms with Crippen LogP contribution in [0.15, 0.2) is 46.9 Å². The maximum atomic E-state index is 12.4. The Labute approximate surface area is 165 Å². The predicted octanol–water partition coefficient (Wildman–Crippen LogP) is 1.95. The lowest BCUT2D eigenvalue weighted by Crippen LogP contribution is -2.56. The largest absolute Gasteiger partial charge is 0.423 e. The van der Waals surface area contributed by atoms with E-state index >= 15 is 0 Å². The highest BCUT2D eigenvalue weighted by Gasteiger charge is 2.36. The number of anilines is 2. The van der Waals surface area contributed by atoms with Crippen molar-refractivity contribution in [1.29, 1.82) is 0 Å². The van der Waals surface area contributed by atoms with Crippen LogP contribution in [0.2, 0.25) is 0 Å². The third-order valence-electron chi connectivity index (χ3n) is 4.98. The van der Waals surface area contributed by atoms with Crippen molar-refractivity contribution in [2.24, 2.45) is 7.05 Å². The minimum Gasteiger partial charge on any atom is -0.423 e. The van der Waals surface area contributed by atoms with E-state index in [0.29, 0.717) is 28.6 Å². The maximum Gasteiger partial charge on any atom is 0.302 e. The molecule has 1 fully saturated rings. The Kier molecular flexibility index (Phi) is 4.00. The van der Waals surface area contributed by atoms with Crippen molar-refractivity contribution < 1.29 is 19.1 Å². The van der Waals surface area contributed by atoms with E-state index in [1.54, 1.807) is 12.1 Å². The van der Waals surface area contributed by atoms with Crippen molar-refractivity contribution in [3.63, 3.8) is 0 Å². The van der Waals surface area contributed by atoms with Crippen molar-refractivity contribution in [1.82, 2.24) is 19.9 Å². The van der Waals surface area contributed by atoms with E-state index in [9.17, 15) is 9.90 Å². The Bertz CT molecular complexity index is 1190. The Morgan fingerprint density at radius 2 is 2.03 bits per heavy atom. The van der Waals surface area contributed by atoms with E-state index < -0.39 is 5.60 Å². The van der Waals surface area contributed by atoms with Gasteiger partial charge in [-0.3, -0.25) is 10.1 Å². The highest BCUT2D eigenvalue weighted by molar-refractivity contribution is 5.97. The van der Waals surface area contributed by atoms with Gasteiger partial charge in [-0.05, 0) is 30.3 Å². The fraction of sp³-hybridized carbons (Fsp3) is 0.250. The predicted molar refractivity (Wildman–Crippen MR) is 106 cm³/mol. The first-order chi connectivity index (χ1) is 14.0. The quantitative estimate of drug-likeness (QED) is 0.475. The van der Waals surface area contributed by atoms with Gasteiger partial charge in [-0.25, -0.2) is 4.98 Å². The topological polar surface area (TPSA) is 114 Å². The molecule has 3 heterocycles. The summed E-state index contributed by atoms with van der Waals surface area (Å²) < 4.78 is 12.5. The van der Waals surface area contributed by atoms with Crippen LogP contribution in [-0.2, 0) is 11.8 Å². The van der Waals surface area contributed by atoms with Gasteiger partial charge in [-0.1, -0.05) is 12.1 Å². The van der Waals surface area contributed by atoms with Gasteiger partial charge in [0.05, 0.1) is 30.8 Å². The summed E-state index contributed by atoms with van der Waals surface area (Å²) in [5.41, 5.74) is 2.45. The van der Waals surface area contributed by atoms with Gasteiger partial charge in [0, 0.05) is 12.6 Å². The Balaban J connectivity index is 1.38. The summed E-state index contributed by atoms with van der Waals surface area (Å²) in [5.74, 6) is 0.274. The fourth-order valence-electron chi connectivity index (χ4n) is 3.26. The maximum absolute atomic E-state index is 12.4. The van der Waals surface area contributed by atoms with Gasteiger partial charge in [-0.15, -0.1) is 0 Å². The number of nitrogens with zero attached hydrogens (tertiary/aromatic N) is 3. The van der Waals surface area contributed by atoms with Gasteiger partial charge in [0.25, 0.3) is 5.91 Å². The van der Waals surface area contributed by atoms with Gasteiger partial charge in [0.1, 0.15) is 11.1 Å². The van der Waals surface area contributed by atoms with E-state index in [-0.39, 0.29) is 25.7 Å². The molecule has 5 rings (SSSR count). The highest BCUT2D eigenvalue weighted by Crippen LogP contribution is 2.25. The van der Waals surface area contributed by atoms with Crippen molar-refractivity contribution in [2.75, 3.05) is 25.1 Å². The van der Waals surface area contributed by atoms with Crippen LogP contribution in [-0.4, -0.2) is 50.9 Å². The number of aromatic nitrogens is 3. The number of para-hydroxylation sites is 2. The summed E-state index contributed by atoms with van der Waals surface area (Å²) in [6.45, 7) is 0.617. The summed E-state index contributed by atoms with van der Waals surface area (Å²) in [4.78, 5) is 21.4. The van der Waals surface area contributed by atoms with E-state index in [4.69, 9.17) is 9.15 Å². The second-order valence-electron chi connectivity index (χ2n) is 7.21. The average molecular weight is 393 g/mol. The lowest BCUT2D eigenvalue weighted by atomic mass is 10.0. The number of carbonyl (C=O) groups is 1. The molecule has 9 heteroatoms. The molecule has 148 valence electrons. The van der Waals surface area contributed by atoms with Crippen LogP contribution in [0.1, 0.15) is 10.4 Å². The zero-order chi connectivity index (χ0) is 20.0. The zero-order valence-electron chi connectivity index (χ0n) is 15.7. The molecule has 3 N–H and O–H groups in total. The molecule has 0 spiro atoms. The monoisotopic (exact) mass is 393 g/mol. The summed E-state index contributed by atoms with van der Waals surface area (Å²) in [5, 5.41) is 15.9. The molecule has 1 saturated heterocycles. The standard InChI is InChI=1S/C20H19N5O4/c1-25-15-7-6-12(17(26)21-9-20(27)10-28-11-20)8-14(15)22-18(25)24-19-23-13-4-2-3-5-16(13)29-19/h2-8,27H,9-11H2,1H3,(H,21,26)(H,22,23,24). The van der Waals surface area contributed by atoms with Crippen LogP contribution in [0.5, 0.6) is 0 Å². The number of oxazole rings is 1. The molecule has 1 aliphatic rings. The smallest absolute Gasteiger partial charge is 0.302 e. The molecule has 4 aromatic rings. The molecule has 0 radical (unpaired) electrons. The molecule has 1 aliphatic heterocycles. The average Bonchev–Trinajstić information content (AvgIpc) is 3.25. The van der Waals surface area contributed by atoms with Gasteiger partial charge in [0.2, 0.25) is 5.95 Å². The van der Waals surface area contributed by atoms with Gasteiger partial charge >= 0.3 is 6.01 Å². The first kappa shape index (κ1) is 17.7. The highest BCUT2D eigenvalue weighted by atomic mass is 16.5. The number of benzene rings is 2. The molecule has 0 atom stereocenters. The number of hydrogen-bond acceptors (Lipinski definition) is 7. The summed E-state index contributed by atoms with van der Waals surface area (Å²) in [6.07, 6.45) is 0. The van der Waals surface area contributed by atoms with Crippen LogP contribution < -0.4 is 10.6 Å². The number of hydrogen-bond donors (Lipinski definition) is 3. The van der Waals surface area contributed by atoms with Crippen LogP contribution in [0, 0.1) is 0 Å². The summed E-state index contributed by atoms with van der Waals surface area (Å²) in [6, 6.07) is 13.1. The number of carbonyl (C=O) groups excluding carboxylic acids is 1. The number of rotatable bonds is 5. The molecule has 0 unspecified atom stereocenters. The number of imidazole rings is 1. The minimum absolute atomic E-state index is 0.149. The number of aliphatic hydroxyl groups is 1. The Morgan fingerprint density at radius 1 is 1.21 bits per heavy atom. The molecule has 2 aromatic heterocycles. The second-order valence-corrected chi connectivity index (χ2v) is 7.21. The van der Waals surface area contributed by atoms with E-state index in [2.05, 4.69) is 20.6 Å². The van der Waals surface area contributed by atoms with Gasteiger partial charge in [0.15, 0.2) is 5.58 Å². The SMILES string of the molecule is Cn1c(Nc2nc3ccccc3o2)nc2cc(C(=O)NCC3(O)COC3)ccc21. The van der Waals surface area contributed by atoms with Crippen molar-refractivity contribution in [2.45, 2.75) is 5.60 Å². The van der Waals surface area contributed by atoms with Crippen LogP contribution in [0.4, 0.5) is 12.0 Å². The number of fused-ring (bicyclic) bond motifs is 2. The van der Waals surface area contributed by atoms with E-state index in [0.717, 1.165) is 11.0 Å². The zero-order valence-corrected chi connectivity index (χ0v) is 15.7. The first-order valence-corrected chi connectivity index (χ1v) is 9.18. The first-order valence-electron chi connectivity index (χ1n) is 9.18. The Hall–Kier alpha value is -3.43. The van der Waals surface area contributed by atoms with E-state index in [1.165, 1.54) is 0 Å². The number of aryl methyl sites for hydroxylation is 1. The molecule has 29 heavy (non-hydrogen) atoms. The molecule has 2 aromatic carbocycles.